The molecular formula is C13H9F2N3S2. The minimum atomic E-state index is -0.611. The van der Waals surface area contributed by atoms with E-state index in [1.807, 2.05) is 5.38 Å². The van der Waals surface area contributed by atoms with Crippen molar-refractivity contribution in [1.29, 1.82) is 0 Å². The topological polar surface area (TPSA) is 37.8 Å². The Bertz CT molecular complexity index is 731. The van der Waals surface area contributed by atoms with Gasteiger partial charge in [0.2, 0.25) is 0 Å². The first kappa shape index (κ1) is 13.1. The molecule has 3 nitrogen and oxygen atoms in total. The molecule has 0 aliphatic rings. The summed E-state index contributed by atoms with van der Waals surface area (Å²) in [4.78, 5) is 9.22. The van der Waals surface area contributed by atoms with Gasteiger partial charge in [-0.25, -0.2) is 18.7 Å². The van der Waals surface area contributed by atoms with Gasteiger partial charge in [0, 0.05) is 18.6 Å². The van der Waals surface area contributed by atoms with Crippen molar-refractivity contribution < 1.29 is 8.78 Å². The lowest BCUT2D eigenvalue weighted by atomic mass is 10.2. The zero-order valence-electron chi connectivity index (χ0n) is 10.4. The first-order valence-corrected chi connectivity index (χ1v) is 7.42. The van der Waals surface area contributed by atoms with Gasteiger partial charge >= 0.3 is 0 Å². The third kappa shape index (κ3) is 2.30. The van der Waals surface area contributed by atoms with Crippen LogP contribution in [0.4, 0.5) is 13.9 Å². The van der Waals surface area contributed by atoms with Crippen molar-refractivity contribution >= 4 is 27.8 Å². The van der Waals surface area contributed by atoms with Crippen LogP contribution in [0.3, 0.4) is 0 Å². The Kier molecular flexibility index (Phi) is 3.45. The summed E-state index contributed by atoms with van der Waals surface area (Å²) in [5.74, 6) is -1.22. The van der Waals surface area contributed by atoms with Crippen molar-refractivity contribution in [3.05, 3.63) is 41.4 Å². The van der Waals surface area contributed by atoms with Gasteiger partial charge < -0.3 is 5.32 Å². The van der Waals surface area contributed by atoms with Crippen molar-refractivity contribution in [3.63, 3.8) is 0 Å². The normalized spacial score (nSPS) is 10.8. The van der Waals surface area contributed by atoms with E-state index in [9.17, 15) is 8.78 Å². The van der Waals surface area contributed by atoms with Crippen LogP contribution in [0.25, 0.3) is 21.1 Å². The van der Waals surface area contributed by atoms with Crippen molar-refractivity contribution in [2.45, 2.75) is 0 Å². The average molecular weight is 309 g/mol. The molecule has 1 aromatic carbocycles. The zero-order chi connectivity index (χ0) is 14.1. The van der Waals surface area contributed by atoms with E-state index >= 15 is 0 Å². The number of anilines is 1. The highest BCUT2D eigenvalue weighted by Gasteiger charge is 2.16. The molecule has 0 saturated carbocycles. The van der Waals surface area contributed by atoms with E-state index in [1.165, 1.54) is 40.9 Å². The molecule has 0 amide bonds. The van der Waals surface area contributed by atoms with Crippen molar-refractivity contribution in [3.8, 4) is 21.1 Å². The minimum absolute atomic E-state index is 0.0900. The Hall–Kier alpha value is -1.86. The van der Waals surface area contributed by atoms with Crippen LogP contribution in [-0.4, -0.2) is 17.0 Å². The molecule has 0 aliphatic heterocycles. The molecular weight excluding hydrogens is 300 g/mol. The van der Waals surface area contributed by atoms with E-state index in [0.717, 1.165) is 15.7 Å². The summed E-state index contributed by atoms with van der Waals surface area (Å²) in [7, 11) is 1.79. The summed E-state index contributed by atoms with van der Waals surface area (Å²) in [6, 6.07) is 3.78. The second-order valence-corrected chi connectivity index (χ2v) is 5.80. The van der Waals surface area contributed by atoms with E-state index in [-0.39, 0.29) is 5.56 Å². The quantitative estimate of drug-likeness (QED) is 0.786. The van der Waals surface area contributed by atoms with Gasteiger partial charge in [-0.1, -0.05) is 6.07 Å². The lowest BCUT2D eigenvalue weighted by Crippen LogP contribution is -1.87. The maximum atomic E-state index is 13.7. The molecule has 2 aromatic heterocycles. The van der Waals surface area contributed by atoms with Gasteiger partial charge in [0.25, 0.3) is 0 Å². The highest BCUT2D eigenvalue weighted by molar-refractivity contribution is 7.19. The second-order valence-electron chi connectivity index (χ2n) is 3.91. The van der Waals surface area contributed by atoms with Gasteiger partial charge in [-0.05, 0) is 12.1 Å². The van der Waals surface area contributed by atoms with Crippen LogP contribution in [0.2, 0.25) is 0 Å². The molecule has 0 saturated heterocycles. The molecule has 0 fully saturated rings. The van der Waals surface area contributed by atoms with Gasteiger partial charge in [-0.3, -0.25) is 0 Å². The largest absolute Gasteiger partial charge is 0.365 e. The van der Waals surface area contributed by atoms with Crippen LogP contribution in [-0.2, 0) is 0 Å². The number of aromatic nitrogens is 2. The molecule has 102 valence electrons. The van der Waals surface area contributed by atoms with Crippen LogP contribution < -0.4 is 5.32 Å². The van der Waals surface area contributed by atoms with E-state index in [2.05, 4.69) is 15.3 Å². The number of halogens is 2. The Morgan fingerprint density at radius 3 is 2.60 bits per heavy atom. The molecule has 0 spiro atoms. The number of hydrogen-bond donors (Lipinski definition) is 1. The minimum Gasteiger partial charge on any atom is -0.365 e. The molecule has 7 heteroatoms. The van der Waals surface area contributed by atoms with Gasteiger partial charge in [0.15, 0.2) is 5.13 Å². The third-order valence-corrected chi connectivity index (χ3v) is 4.55. The van der Waals surface area contributed by atoms with Gasteiger partial charge in [0.05, 0.1) is 16.1 Å². The maximum Gasteiger partial charge on any atom is 0.182 e. The van der Waals surface area contributed by atoms with Crippen molar-refractivity contribution in [2.24, 2.45) is 0 Å². The van der Waals surface area contributed by atoms with Crippen LogP contribution in [0.1, 0.15) is 0 Å². The summed E-state index contributed by atoms with van der Waals surface area (Å²) in [5.41, 5.74) is 0.660. The number of nitrogens with one attached hydrogen (secondary N) is 1. The molecule has 3 aromatic rings. The first-order chi connectivity index (χ1) is 9.69. The number of benzene rings is 1. The van der Waals surface area contributed by atoms with Gasteiger partial charge in [-0.15, -0.1) is 22.7 Å². The van der Waals surface area contributed by atoms with Crippen LogP contribution in [0.5, 0.6) is 0 Å². The predicted octanol–water partition coefficient (Wildman–Crippen LogP) is 4.25. The smallest absolute Gasteiger partial charge is 0.182 e. The summed E-state index contributed by atoms with van der Waals surface area (Å²) in [6.45, 7) is 0. The Labute approximate surface area is 122 Å². The van der Waals surface area contributed by atoms with E-state index in [0.29, 0.717) is 5.01 Å². The zero-order valence-corrected chi connectivity index (χ0v) is 12.0. The summed E-state index contributed by atoms with van der Waals surface area (Å²) in [6.07, 6.45) is 1.58. The highest BCUT2D eigenvalue weighted by atomic mass is 32.1. The number of rotatable bonds is 3. The lowest BCUT2D eigenvalue weighted by Gasteiger charge is -1.99. The summed E-state index contributed by atoms with van der Waals surface area (Å²) >= 11 is 2.68. The second kappa shape index (κ2) is 5.26. The molecule has 0 unspecified atom stereocenters. The monoisotopic (exact) mass is 309 g/mol. The molecule has 2 heterocycles. The molecule has 0 bridgehead atoms. The van der Waals surface area contributed by atoms with E-state index < -0.39 is 11.6 Å². The molecule has 20 heavy (non-hydrogen) atoms. The fraction of sp³-hybridized carbons (Fsp3) is 0.0769. The highest BCUT2D eigenvalue weighted by Crippen LogP contribution is 2.35. The molecule has 1 N–H and O–H groups in total. The Balaban J connectivity index is 2.02. The fourth-order valence-corrected chi connectivity index (χ4v) is 3.38. The van der Waals surface area contributed by atoms with Crippen molar-refractivity contribution in [2.75, 3.05) is 12.4 Å². The molecule has 0 aliphatic carbocycles. The Morgan fingerprint density at radius 2 is 1.95 bits per heavy atom. The predicted molar refractivity (Wildman–Crippen MR) is 78.1 cm³/mol. The van der Waals surface area contributed by atoms with Gasteiger partial charge in [-0.2, -0.15) is 0 Å². The molecule has 0 atom stereocenters. The number of hydrogen-bond acceptors (Lipinski definition) is 5. The Morgan fingerprint density at radius 1 is 1.20 bits per heavy atom. The summed E-state index contributed by atoms with van der Waals surface area (Å²) < 4.78 is 27.4. The first-order valence-electron chi connectivity index (χ1n) is 5.73. The summed E-state index contributed by atoms with van der Waals surface area (Å²) in [5, 5.41) is 5.92. The molecule has 3 rings (SSSR count). The molecule has 0 radical (unpaired) electrons. The van der Waals surface area contributed by atoms with E-state index in [4.69, 9.17) is 0 Å². The number of nitrogens with zero attached hydrogens (tertiary/aromatic N) is 2. The van der Waals surface area contributed by atoms with Gasteiger partial charge in [0.1, 0.15) is 16.6 Å². The average Bonchev–Trinajstić information content (AvgIpc) is 3.06. The lowest BCUT2D eigenvalue weighted by molar-refractivity contribution is 0.589. The standard InChI is InChI=1S/C13H9F2N3S2/c1-16-13-18-9(6-19-13)10-5-17-12(20-10)11-7(14)3-2-4-8(11)15/h2-6H,1H3,(H,16,18). The van der Waals surface area contributed by atoms with Crippen LogP contribution in [0.15, 0.2) is 29.8 Å². The van der Waals surface area contributed by atoms with E-state index in [1.54, 1.807) is 13.2 Å². The van der Waals surface area contributed by atoms with Crippen molar-refractivity contribution in [1.82, 2.24) is 9.97 Å². The fourth-order valence-electron chi connectivity index (χ4n) is 1.71. The van der Waals surface area contributed by atoms with Crippen LogP contribution in [0, 0.1) is 11.6 Å². The number of thiazole rings is 2. The van der Waals surface area contributed by atoms with Crippen LogP contribution >= 0.6 is 22.7 Å². The SMILES string of the molecule is CNc1nc(-c2cnc(-c3c(F)cccc3F)s2)cs1. The maximum absolute atomic E-state index is 13.7. The third-order valence-electron chi connectivity index (χ3n) is 2.65.